The van der Waals surface area contributed by atoms with Gasteiger partial charge in [-0.3, -0.25) is 4.79 Å². The number of carbonyl (C=O) groups excluding carboxylic acids is 1. The first-order valence-corrected chi connectivity index (χ1v) is 6.24. The molecule has 5 nitrogen and oxygen atoms in total. The first-order valence-electron chi connectivity index (χ1n) is 4.54. The Morgan fingerprint density at radius 2 is 2.40 bits per heavy atom. The molecule has 1 aromatic rings. The average Bonchev–Trinajstić information content (AvgIpc) is 2.98. The Bertz CT molecular complexity index is 365. The lowest BCUT2D eigenvalue weighted by atomic mass is 10.3. The zero-order valence-corrected chi connectivity index (χ0v) is 9.81. The van der Waals surface area contributed by atoms with Gasteiger partial charge in [-0.25, -0.2) is 0 Å². The fourth-order valence-corrected chi connectivity index (χ4v) is 3.29. The quantitative estimate of drug-likeness (QED) is 0.633. The van der Waals surface area contributed by atoms with E-state index in [1.54, 1.807) is 0 Å². The molecular weight excluding hydrogens is 234 g/mol. The monoisotopic (exact) mass is 245 g/mol. The van der Waals surface area contributed by atoms with Crippen molar-refractivity contribution in [1.82, 2.24) is 10.2 Å². The van der Waals surface area contributed by atoms with E-state index in [9.17, 15) is 4.79 Å². The minimum absolute atomic E-state index is 0.151. The second-order valence-electron chi connectivity index (χ2n) is 3.31. The third-order valence-corrected chi connectivity index (χ3v) is 4.33. The second kappa shape index (κ2) is 4.36. The highest BCUT2D eigenvalue weighted by Crippen LogP contribution is 2.42. The largest absolute Gasteiger partial charge is 0.468 e. The second-order valence-corrected chi connectivity index (χ2v) is 5.70. The summed E-state index contributed by atoms with van der Waals surface area (Å²) in [6.07, 6.45) is 2.17. The molecule has 1 atom stereocenters. The molecule has 1 aliphatic rings. The summed E-state index contributed by atoms with van der Waals surface area (Å²) in [4.78, 5) is 11.5. The van der Waals surface area contributed by atoms with Crippen LogP contribution in [0.5, 0.6) is 0 Å². The topological polar surface area (TPSA) is 78.1 Å². The Labute approximate surface area is 95.4 Å². The molecule has 0 amide bonds. The molecule has 82 valence electrons. The van der Waals surface area contributed by atoms with Gasteiger partial charge in [0.25, 0.3) is 0 Å². The van der Waals surface area contributed by atoms with Crippen LogP contribution in [0.4, 0.5) is 5.13 Å². The summed E-state index contributed by atoms with van der Waals surface area (Å²) in [5.74, 6) is 0.240. The van der Waals surface area contributed by atoms with E-state index in [4.69, 9.17) is 10.5 Å². The van der Waals surface area contributed by atoms with Gasteiger partial charge in [0, 0.05) is 0 Å². The van der Waals surface area contributed by atoms with Crippen molar-refractivity contribution in [2.75, 3.05) is 12.8 Å². The molecule has 0 aromatic carbocycles. The van der Waals surface area contributed by atoms with Crippen molar-refractivity contribution >= 4 is 34.2 Å². The van der Waals surface area contributed by atoms with Crippen LogP contribution in [-0.4, -0.2) is 28.5 Å². The predicted octanol–water partition coefficient (Wildman–Crippen LogP) is 1.16. The van der Waals surface area contributed by atoms with Gasteiger partial charge < -0.3 is 10.5 Å². The molecular formula is C8H11N3O2S2. The maximum absolute atomic E-state index is 11.5. The van der Waals surface area contributed by atoms with Gasteiger partial charge in [-0.15, -0.1) is 10.2 Å². The molecule has 0 bridgehead atoms. The summed E-state index contributed by atoms with van der Waals surface area (Å²) in [6, 6.07) is 0. The summed E-state index contributed by atoms with van der Waals surface area (Å²) in [7, 11) is 1.41. The molecule has 0 radical (unpaired) electrons. The number of rotatable bonds is 4. The molecule has 0 aliphatic heterocycles. The molecule has 1 saturated carbocycles. The maximum Gasteiger partial charge on any atom is 0.319 e. The van der Waals surface area contributed by atoms with Crippen LogP contribution in [0.15, 0.2) is 4.34 Å². The van der Waals surface area contributed by atoms with Crippen LogP contribution in [0.1, 0.15) is 12.8 Å². The highest BCUT2D eigenvalue weighted by atomic mass is 32.2. The molecule has 7 heteroatoms. The highest BCUT2D eigenvalue weighted by Gasteiger charge is 2.38. The van der Waals surface area contributed by atoms with E-state index in [2.05, 4.69) is 10.2 Å². The molecule has 0 spiro atoms. The van der Waals surface area contributed by atoms with Crippen molar-refractivity contribution in [3.8, 4) is 0 Å². The Morgan fingerprint density at radius 3 is 2.87 bits per heavy atom. The normalized spacial score (nSPS) is 17.4. The van der Waals surface area contributed by atoms with Crippen LogP contribution < -0.4 is 5.73 Å². The smallest absolute Gasteiger partial charge is 0.319 e. The zero-order valence-electron chi connectivity index (χ0n) is 8.17. The van der Waals surface area contributed by atoms with Gasteiger partial charge >= 0.3 is 5.97 Å². The SMILES string of the molecule is COC(=O)C(Sc1nnc(N)s1)C1CC1. The summed E-state index contributed by atoms with van der Waals surface area (Å²) < 4.78 is 5.49. The first kappa shape index (κ1) is 10.7. The summed E-state index contributed by atoms with van der Waals surface area (Å²) in [5.41, 5.74) is 5.47. The number of esters is 1. The molecule has 2 rings (SSSR count). The number of carbonyl (C=O) groups is 1. The van der Waals surface area contributed by atoms with Gasteiger partial charge in [0.1, 0.15) is 5.25 Å². The van der Waals surface area contributed by atoms with Crippen molar-refractivity contribution in [3.05, 3.63) is 0 Å². The van der Waals surface area contributed by atoms with Crippen LogP contribution in [-0.2, 0) is 9.53 Å². The van der Waals surface area contributed by atoms with Crippen molar-refractivity contribution in [2.24, 2.45) is 5.92 Å². The average molecular weight is 245 g/mol. The number of thioether (sulfide) groups is 1. The number of nitrogen functional groups attached to an aromatic ring is 1. The molecule has 1 fully saturated rings. The summed E-state index contributed by atoms with van der Waals surface area (Å²) in [5, 5.41) is 7.87. The van der Waals surface area contributed by atoms with Crippen LogP contribution >= 0.6 is 23.1 Å². The molecule has 15 heavy (non-hydrogen) atoms. The Morgan fingerprint density at radius 1 is 1.67 bits per heavy atom. The lowest BCUT2D eigenvalue weighted by Gasteiger charge is -2.10. The van der Waals surface area contributed by atoms with Gasteiger partial charge in [-0.05, 0) is 18.8 Å². The van der Waals surface area contributed by atoms with Crippen molar-refractivity contribution in [3.63, 3.8) is 0 Å². The van der Waals surface area contributed by atoms with Gasteiger partial charge in [0.2, 0.25) is 5.13 Å². The molecule has 0 saturated heterocycles. The highest BCUT2D eigenvalue weighted by molar-refractivity contribution is 8.02. The minimum atomic E-state index is -0.184. The van der Waals surface area contributed by atoms with Gasteiger partial charge in [0.15, 0.2) is 4.34 Å². The molecule has 1 aliphatic carbocycles. The van der Waals surface area contributed by atoms with Crippen LogP contribution in [0.2, 0.25) is 0 Å². The number of hydrogen-bond donors (Lipinski definition) is 1. The van der Waals surface area contributed by atoms with Crippen molar-refractivity contribution < 1.29 is 9.53 Å². The van der Waals surface area contributed by atoms with E-state index in [0.717, 1.165) is 17.2 Å². The van der Waals surface area contributed by atoms with E-state index in [1.807, 2.05) is 0 Å². The standard InChI is InChI=1S/C8H11N3O2S2/c1-13-6(12)5(4-2-3-4)14-8-11-10-7(9)15-8/h4-5H,2-3H2,1H3,(H2,9,10). The lowest BCUT2D eigenvalue weighted by Crippen LogP contribution is -2.20. The van der Waals surface area contributed by atoms with Crippen LogP contribution in [0, 0.1) is 5.92 Å². The van der Waals surface area contributed by atoms with Crippen LogP contribution in [0.3, 0.4) is 0 Å². The number of nitrogens with two attached hydrogens (primary N) is 1. The fourth-order valence-electron chi connectivity index (χ4n) is 1.23. The number of methoxy groups -OCH3 is 1. The number of ether oxygens (including phenoxy) is 1. The van der Waals surface area contributed by atoms with Gasteiger partial charge in [-0.1, -0.05) is 23.1 Å². The van der Waals surface area contributed by atoms with Crippen LogP contribution in [0.25, 0.3) is 0 Å². The van der Waals surface area contributed by atoms with E-state index < -0.39 is 0 Å². The summed E-state index contributed by atoms with van der Waals surface area (Å²) >= 11 is 2.70. The third-order valence-electron chi connectivity index (χ3n) is 2.13. The maximum atomic E-state index is 11.5. The first-order chi connectivity index (χ1) is 7.20. The molecule has 1 unspecified atom stereocenters. The third kappa shape index (κ3) is 2.60. The zero-order chi connectivity index (χ0) is 10.8. The summed E-state index contributed by atoms with van der Waals surface area (Å²) in [6.45, 7) is 0. The molecule has 1 aromatic heterocycles. The Kier molecular flexibility index (Phi) is 3.11. The number of hydrogen-bond acceptors (Lipinski definition) is 7. The van der Waals surface area contributed by atoms with Crippen molar-refractivity contribution in [1.29, 1.82) is 0 Å². The number of nitrogens with zero attached hydrogens (tertiary/aromatic N) is 2. The van der Waals surface area contributed by atoms with E-state index in [1.165, 1.54) is 30.2 Å². The minimum Gasteiger partial charge on any atom is -0.468 e. The van der Waals surface area contributed by atoms with Gasteiger partial charge in [-0.2, -0.15) is 0 Å². The predicted molar refractivity (Wildman–Crippen MR) is 58.7 cm³/mol. The lowest BCUT2D eigenvalue weighted by molar-refractivity contribution is -0.140. The fraction of sp³-hybridized carbons (Fsp3) is 0.625. The van der Waals surface area contributed by atoms with Crippen molar-refractivity contribution in [2.45, 2.75) is 22.4 Å². The van der Waals surface area contributed by atoms with E-state index in [0.29, 0.717) is 11.0 Å². The van der Waals surface area contributed by atoms with E-state index in [-0.39, 0.29) is 11.2 Å². The number of anilines is 1. The Balaban J connectivity index is 2.03. The molecule has 1 heterocycles. The molecule has 2 N–H and O–H groups in total. The number of aromatic nitrogens is 2. The van der Waals surface area contributed by atoms with E-state index >= 15 is 0 Å². The van der Waals surface area contributed by atoms with Gasteiger partial charge in [0.05, 0.1) is 7.11 Å². The Hall–Kier alpha value is -0.820.